The Hall–Kier alpha value is -2.55. The van der Waals surface area contributed by atoms with Crippen LogP contribution in [0.5, 0.6) is 0 Å². The SMILES string of the molecule is CCOC(=O)c1cc(N2CC(F)(F)C23CNC3)n(-c2ccc(F)cc2)n1. The van der Waals surface area contributed by atoms with Gasteiger partial charge in [0, 0.05) is 19.2 Å². The number of hydrogen-bond donors (Lipinski definition) is 1. The van der Waals surface area contributed by atoms with Gasteiger partial charge in [-0.3, -0.25) is 0 Å². The number of benzene rings is 1. The Labute approximate surface area is 147 Å². The first-order chi connectivity index (χ1) is 12.4. The summed E-state index contributed by atoms with van der Waals surface area (Å²) in [4.78, 5) is 13.6. The van der Waals surface area contributed by atoms with Gasteiger partial charge in [0.1, 0.15) is 17.2 Å². The molecule has 6 nitrogen and oxygen atoms in total. The lowest BCUT2D eigenvalue weighted by atomic mass is 9.75. The van der Waals surface area contributed by atoms with Crippen molar-refractivity contribution in [1.29, 1.82) is 0 Å². The highest BCUT2D eigenvalue weighted by atomic mass is 19.3. The highest BCUT2D eigenvalue weighted by Crippen LogP contribution is 2.49. The molecular formula is C17H17F3N4O2. The van der Waals surface area contributed by atoms with Crippen molar-refractivity contribution in [2.75, 3.05) is 31.1 Å². The molecule has 2 aliphatic rings. The van der Waals surface area contributed by atoms with Crippen molar-refractivity contribution >= 4 is 11.8 Å². The summed E-state index contributed by atoms with van der Waals surface area (Å²) in [5, 5.41) is 7.10. The summed E-state index contributed by atoms with van der Waals surface area (Å²) in [6.45, 7) is 1.66. The van der Waals surface area contributed by atoms with E-state index < -0.39 is 29.8 Å². The van der Waals surface area contributed by atoms with E-state index in [0.717, 1.165) is 0 Å². The average Bonchev–Trinajstić information content (AvgIpc) is 2.97. The molecule has 0 saturated carbocycles. The quantitative estimate of drug-likeness (QED) is 0.839. The van der Waals surface area contributed by atoms with Crippen LogP contribution in [0.2, 0.25) is 0 Å². The third-order valence-electron chi connectivity index (χ3n) is 4.91. The Bertz CT molecular complexity index is 846. The van der Waals surface area contributed by atoms with Crippen molar-refractivity contribution < 1.29 is 22.7 Å². The lowest BCUT2D eigenvalue weighted by Crippen LogP contribution is -2.87. The maximum absolute atomic E-state index is 14.2. The first kappa shape index (κ1) is 16.9. The molecule has 1 aromatic heterocycles. The predicted octanol–water partition coefficient (Wildman–Crippen LogP) is 1.99. The summed E-state index contributed by atoms with van der Waals surface area (Å²) in [6, 6.07) is 6.89. The minimum atomic E-state index is -2.83. The van der Waals surface area contributed by atoms with Crippen molar-refractivity contribution in [3.8, 4) is 5.69 Å². The van der Waals surface area contributed by atoms with Gasteiger partial charge >= 0.3 is 5.97 Å². The zero-order chi connectivity index (χ0) is 18.5. The van der Waals surface area contributed by atoms with Gasteiger partial charge in [-0.15, -0.1) is 0 Å². The highest BCUT2D eigenvalue weighted by molar-refractivity contribution is 5.88. The van der Waals surface area contributed by atoms with Crippen molar-refractivity contribution in [3.05, 3.63) is 41.8 Å². The van der Waals surface area contributed by atoms with E-state index in [4.69, 9.17) is 4.74 Å². The molecule has 3 heterocycles. The molecule has 0 unspecified atom stereocenters. The molecule has 2 aromatic rings. The van der Waals surface area contributed by atoms with Crippen molar-refractivity contribution in [2.45, 2.75) is 18.4 Å². The normalized spacial score (nSPS) is 19.8. The van der Waals surface area contributed by atoms with Gasteiger partial charge in [-0.25, -0.2) is 22.6 Å². The van der Waals surface area contributed by atoms with Crippen LogP contribution < -0.4 is 10.2 Å². The van der Waals surface area contributed by atoms with Gasteiger partial charge in [0.2, 0.25) is 0 Å². The lowest BCUT2D eigenvalue weighted by Gasteiger charge is -2.63. The third-order valence-corrected chi connectivity index (χ3v) is 4.91. The number of hydrogen-bond acceptors (Lipinski definition) is 5. The summed E-state index contributed by atoms with van der Waals surface area (Å²) in [5.74, 6) is -3.54. The number of aromatic nitrogens is 2. The number of anilines is 1. The van der Waals surface area contributed by atoms with Crippen LogP contribution in [0.3, 0.4) is 0 Å². The average molecular weight is 366 g/mol. The maximum atomic E-state index is 14.2. The molecular weight excluding hydrogens is 349 g/mol. The standard InChI is InChI=1S/C17H17F3N4O2/c1-2-26-15(25)13-7-14(23-10-17(19,20)16(23)8-21-9-16)24(22-13)12-5-3-11(18)4-6-12/h3-7,21H,2,8-10H2,1H3. The Balaban J connectivity index is 1.78. The van der Waals surface area contributed by atoms with Gasteiger partial charge in [-0.2, -0.15) is 5.10 Å². The zero-order valence-corrected chi connectivity index (χ0v) is 14.0. The van der Waals surface area contributed by atoms with Crippen LogP contribution in [0, 0.1) is 5.82 Å². The summed E-state index contributed by atoms with van der Waals surface area (Å²) < 4.78 is 48.0. The molecule has 0 amide bonds. The number of ether oxygens (including phenoxy) is 1. The molecule has 0 radical (unpaired) electrons. The van der Waals surface area contributed by atoms with Crippen LogP contribution in [0.25, 0.3) is 5.69 Å². The molecule has 1 spiro atoms. The van der Waals surface area contributed by atoms with Crippen LogP contribution in [0.1, 0.15) is 17.4 Å². The fraction of sp³-hybridized carbons (Fsp3) is 0.412. The molecule has 0 atom stereocenters. The summed E-state index contributed by atoms with van der Waals surface area (Å²) in [6.07, 6.45) is 0. The molecule has 9 heteroatoms. The number of nitrogens with one attached hydrogen (secondary N) is 1. The Morgan fingerprint density at radius 3 is 2.54 bits per heavy atom. The van der Waals surface area contributed by atoms with Gasteiger partial charge in [0.15, 0.2) is 5.69 Å². The number of halogens is 3. The second-order valence-electron chi connectivity index (χ2n) is 6.42. The van der Waals surface area contributed by atoms with Gasteiger partial charge in [0.05, 0.1) is 18.8 Å². The topological polar surface area (TPSA) is 59.4 Å². The van der Waals surface area contributed by atoms with Gasteiger partial charge in [-0.1, -0.05) is 0 Å². The fourth-order valence-electron chi connectivity index (χ4n) is 3.36. The second-order valence-corrected chi connectivity index (χ2v) is 6.42. The number of esters is 1. The van der Waals surface area contributed by atoms with E-state index >= 15 is 0 Å². The number of alkyl halides is 2. The Kier molecular flexibility index (Phi) is 3.72. The molecule has 1 aromatic carbocycles. The van der Waals surface area contributed by atoms with E-state index in [1.165, 1.54) is 35.0 Å². The molecule has 4 rings (SSSR count). The molecule has 1 N–H and O–H groups in total. The number of carbonyl (C=O) groups excluding carboxylic acids is 1. The van der Waals surface area contributed by atoms with E-state index in [0.29, 0.717) is 11.5 Å². The minimum Gasteiger partial charge on any atom is -0.461 e. The van der Waals surface area contributed by atoms with Crippen LogP contribution in [-0.2, 0) is 4.74 Å². The number of carbonyl (C=O) groups is 1. The monoisotopic (exact) mass is 366 g/mol. The first-order valence-electron chi connectivity index (χ1n) is 8.27. The van der Waals surface area contributed by atoms with Crippen LogP contribution >= 0.6 is 0 Å². The minimum absolute atomic E-state index is 0.0174. The van der Waals surface area contributed by atoms with Crippen molar-refractivity contribution in [2.24, 2.45) is 0 Å². The van der Waals surface area contributed by atoms with Gasteiger partial charge < -0.3 is 15.0 Å². The second kappa shape index (κ2) is 5.73. The van der Waals surface area contributed by atoms with Crippen LogP contribution in [0.15, 0.2) is 30.3 Å². The zero-order valence-electron chi connectivity index (χ0n) is 14.0. The van der Waals surface area contributed by atoms with Gasteiger partial charge in [0.25, 0.3) is 5.92 Å². The third kappa shape index (κ3) is 2.30. The molecule has 2 fully saturated rings. The van der Waals surface area contributed by atoms with Crippen molar-refractivity contribution in [1.82, 2.24) is 15.1 Å². The van der Waals surface area contributed by atoms with E-state index in [1.807, 2.05) is 0 Å². The maximum Gasteiger partial charge on any atom is 0.358 e. The van der Waals surface area contributed by atoms with E-state index in [1.54, 1.807) is 11.8 Å². The fourth-order valence-corrected chi connectivity index (χ4v) is 3.36. The molecule has 0 bridgehead atoms. The summed E-state index contributed by atoms with van der Waals surface area (Å²) in [7, 11) is 0. The largest absolute Gasteiger partial charge is 0.461 e. The van der Waals surface area contributed by atoms with Crippen LogP contribution in [0.4, 0.5) is 19.0 Å². The van der Waals surface area contributed by atoms with E-state index in [-0.39, 0.29) is 25.4 Å². The van der Waals surface area contributed by atoms with Crippen molar-refractivity contribution in [3.63, 3.8) is 0 Å². The molecule has 2 aliphatic heterocycles. The predicted molar refractivity (Wildman–Crippen MR) is 87.4 cm³/mol. The number of rotatable bonds is 4. The molecule has 26 heavy (non-hydrogen) atoms. The van der Waals surface area contributed by atoms with E-state index in [2.05, 4.69) is 10.4 Å². The molecule has 138 valence electrons. The smallest absolute Gasteiger partial charge is 0.358 e. The first-order valence-corrected chi connectivity index (χ1v) is 8.27. The van der Waals surface area contributed by atoms with Crippen LogP contribution in [-0.4, -0.2) is 53.5 Å². The van der Waals surface area contributed by atoms with E-state index in [9.17, 15) is 18.0 Å². The molecule has 2 saturated heterocycles. The van der Waals surface area contributed by atoms with Gasteiger partial charge in [-0.05, 0) is 31.2 Å². The summed E-state index contributed by atoms with van der Waals surface area (Å²) >= 11 is 0. The Morgan fingerprint density at radius 2 is 2.00 bits per heavy atom. The summed E-state index contributed by atoms with van der Waals surface area (Å²) in [5.41, 5.74) is -0.838. The molecule has 0 aliphatic carbocycles. The lowest BCUT2D eigenvalue weighted by molar-refractivity contribution is -0.147. The highest BCUT2D eigenvalue weighted by Gasteiger charge is 2.70. The number of nitrogens with zero attached hydrogens (tertiary/aromatic N) is 3. The Morgan fingerprint density at radius 1 is 1.31 bits per heavy atom.